The lowest BCUT2D eigenvalue weighted by Crippen LogP contribution is -2.69. The molecule has 0 aromatic heterocycles. The quantitative estimate of drug-likeness (QED) is 0.351. The Labute approximate surface area is 141 Å². The topological polar surface area (TPSA) is 93.0 Å². The van der Waals surface area contributed by atoms with Crippen LogP contribution in [0, 0.1) is 0 Å². The van der Waals surface area contributed by atoms with Crippen LogP contribution in [0.1, 0.15) is 77.6 Å². The Balaban J connectivity index is 2.13. The van der Waals surface area contributed by atoms with Gasteiger partial charge in [-0.25, -0.2) is 0 Å². The van der Waals surface area contributed by atoms with Gasteiger partial charge in [-0.15, -0.1) is 0 Å². The standard InChI is InChI=1S/C18H37NO4/c1-2-3-4-5-6-7-8-9-10-11-12-18(14-20)17(23)16(22)15(21)13-19-18/h15-17,19-23H,2-14H2,1H3/t15-,16+,17-,18-/m0/s1. The van der Waals surface area contributed by atoms with E-state index in [0.29, 0.717) is 6.42 Å². The van der Waals surface area contributed by atoms with Crippen molar-refractivity contribution < 1.29 is 20.4 Å². The van der Waals surface area contributed by atoms with E-state index >= 15 is 0 Å². The average Bonchev–Trinajstić information content (AvgIpc) is 2.56. The molecule has 5 nitrogen and oxygen atoms in total. The van der Waals surface area contributed by atoms with E-state index in [9.17, 15) is 20.4 Å². The minimum Gasteiger partial charge on any atom is -0.394 e. The molecule has 0 aromatic carbocycles. The summed E-state index contributed by atoms with van der Waals surface area (Å²) in [5.74, 6) is 0. The van der Waals surface area contributed by atoms with Gasteiger partial charge in [0.15, 0.2) is 0 Å². The molecule has 1 saturated heterocycles. The fourth-order valence-electron chi connectivity index (χ4n) is 3.46. The van der Waals surface area contributed by atoms with Crippen molar-refractivity contribution in [3.8, 4) is 0 Å². The number of nitrogens with one attached hydrogen (secondary N) is 1. The van der Waals surface area contributed by atoms with Gasteiger partial charge in [-0.1, -0.05) is 71.1 Å². The van der Waals surface area contributed by atoms with Gasteiger partial charge < -0.3 is 25.7 Å². The first-order valence-electron chi connectivity index (χ1n) is 9.47. The van der Waals surface area contributed by atoms with Crippen LogP contribution < -0.4 is 5.32 Å². The second-order valence-corrected chi connectivity index (χ2v) is 7.13. The van der Waals surface area contributed by atoms with Crippen molar-refractivity contribution in [2.24, 2.45) is 0 Å². The summed E-state index contributed by atoms with van der Waals surface area (Å²) in [6.45, 7) is 2.21. The predicted octanol–water partition coefficient (Wildman–Crippen LogP) is 1.71. The zero-order valence-electron chi connectivity index (χ0n) is 14.7. The molecule has 5 N–H and O–H groups in total. The van der Waals surface area contributed by atoms with Crippen LogP contribution in [0.4, 0.5) is 0 Å². The molecule has 23 heavy (non-hydrogen) atoms. The molecule has 0 bridgehead atoms. The summed E-state index contributed by atoms with van der Waals surface area (Å²) in [7, 11) is 0. The second-order valence-electron chi connectivity index (χ2n) is 7.13. The summed E-state index contributed by atoms with van der Waals surface area (Å²) in [4.78, 5) is 0. The van der Waals surface area contributed by atoms with Crippen molar-refractivity contribution in [1.82, 2.24) is 5.32 Å². The van der Waals surface area contributed by atoms with Crippen LogP contribution in [-0.2, 0) is 0 Å². The fraction of sp³-hybridized carbons (Fsp3) is 1.00. The van der Waals surface area contributed by atoms with Gasteiger partial charge in [0.2, 0.25) is 0 Å². The zero-order valence-corrected chi connectivity index (χ0v) is 14.7. The summed E-state index contributed by atoms with van der Waals surface area (Å²) in [5, 5.41) is 42.2. The van der Waals surface area contributed by atoms with E-state index in [1.807, 2.05) is 0 Å². The number of β-amino-alcohol motifs (C(OH)–C–C–N with tert-alkyl or cyclic N) is 1. The maximum absolute atomic E-state index is 10.2. The maximum atomic E-state index is 10.2. The third-order valence-electron chi connectivity index (χ3n) is 5.21. The van der Waals surface area contributed by atoms with Crippen LogP contribution in [0.15, 0.2) is 0 Å². The SMILES string of the molecule is CCCCCCCCCCCC[C@@]1(CO)NC[C@H](O)[C@@H](O)[C@@H]1O. The Morgan fingerprint density at radius 2 is 1.39 bits per heavy atom. The second kappa shape index (κ2) is 11.4. The van der Waals surface area contributed by atoms with E-state index in [2.05, 4.69) is 12.2 Å². The van der Waals surface area contributed by atoms with E-state index in [1.54, 1.807) is 0 Å². The van der Waals surface area contributed by atoms with Crippen LogP contribution in [0.3, 0.4) is 0 Å². The lowest BCUT2D eigenvalue weighted by molar-refractivity contribution is -0.135. The number of hydrogen-bond acceptors (Lipinski definition) is 5. The number of rotatable bonds is 12. The van der Waals surface area contributed by atoms with Gasteiger partial charge in [0, 0.05) is 6.54 Å². The molecule has 0 amide bonds. The van der Waals surface area contributed by atoms with Gasteiger partial charge in [-0.3, -0.25) is 0 Å². The molecule has 1 fully saturated rings. The number of aliphatic hydroxyl groups is 4. The van der Waals surface area contributed by atoms with Crippen LogP contribution in [0.2, 0.25) is 0 Å². The van der Waals surface area contributed by atoms with Crippen molar-refractivity contribution >= 4 is 0 Å². The molecule has 0 unspecified atom stereocenters. The van der Waals surface area contributed by atoms with E-state index in [-0.39, 0.29) is 13.2 Å². The minimum atomic E-state index is -1.19. The third-order valence-corrected chi connectivity index (χ3v) is 5.21. The highest BCUT2D eigenvalue weighted by Crippen LogP contribution is 2.26. The first-order valence-corrected chi connectivity index (χ1v) is 9.47. The van der Waals surface area contributed by atoms with E-state index in [1.165, 1.54) is 51.4 Å². The summed E-state index contributed by atoms with van der Waals surface area (Å²) in [5.41, 5.74) is -0.876. The first kappa shape index (κ1) is 20.8. The fourth-order valence-corrected chi connectivity index (χ4v) is 3.46. The van der Waals surface area contributed by atoms with Gasteiger partial charge in [-0.05, 0) is 6.42 Å². The molecule has 1 aliphatic rings. The molecule has 1 rings (SSSR count). The molecule has 0 radical (unpaired) electrons. The van der Waals surface area contributed by atoms with Gasteiger partial charge in [0.25, 0.3) is 0 Å². The molecule has 0 saturated carbocycles. The van der Waals surface area contributed by atoms with E-state index in [4.69, 9.17) is 0 Å². The van der Waals surface area contributed by atoms with Crippen molar-refractivity contribution in [3.05, 3.63) is 0 Å². The molecule has 4 atom stereocenters. The molecule has 0 spiro atoms. The molecule has 0 aromatic rings. The number of piperidine rings is 1. The molecule has 1 aliphatic heterocycles. The Morgan fingerprint density at radius 1 is 0.870 bits per heavy atom. The Morgan fingerprint density at radius 3 is 1.91 bits per heavy atom. The summed E-state index contributed by atoms with van der Waals surface area (Å²) in [6, 6.07) is 0. The van der Waals surface area contributed by atoms with Gasteiger partial charge in [0.05, 0.1) is 18.2 Å². The van der Waals surface area contributed by atoms with Crippen LogP contribution in [0.5, 0.6) is 0 Å². The van der Waals surface area contributed by atoms with Crippen LogP contribution >= 0.6 is 0 Å². The van der Waals surface area contributed by atoms with Crippen molar-refractivity contribution in [2.45, 2.75) is 101 Å². The van der Waals surface area contributed by atoms with Gasteiger partial charge in [0.1, 0.15) is 12.2 Å². The van der Waals surface area contributed by atoms with E-state index < -0.39 is 23.9 Å². The number of unbranched alkanes of at least 4 members (excludes halogenated alkanes) is 9. The highest BCUT2D eigenvalue weighted by molar-refractivity contribution is 5.04. The predicted molar refractivity (Wildman–Crippen MR) is 92.3 cm³/mol. The molecule has 1 heterocycles. The van der Waals surface area contributed by atoms with Crippen LogP contribution in [-0.4, -0.2) is 57.4 Å². The Bertz CT molecular complexity index is 303. The largest absolute Gasteiger partial charge is 0.394 e. The van der Waals surface area contributed by atoms with Crippen LogP contribution in [0.25, 0.3) is 0 Å². The van der Waals surface area contributed by atoms with Crippen molar-refractivity contribution in [1.29, 1.82) is 0 Å². The maximum Gasteiger partial charge on any atom is 0.109 e. The monoisotopic (exact) mass is 331 g/mol. The summed E-state index contributed by atoms with van der Waals surface area (Å²) >= 11 is 0. The van der Waals surface area contributed by atoms with Crippen molar-refractivity contribution in [3.63, 3.8) is 0 Å². The zero-order chi connectivity index (χ0) is 17.1. The molecular weight excluding hydrogens is 294 g/mol. The third kappa shape index (κ3) is 6.67. The molecular formula is C18H37NO4. The molecule has 138 valence electrons. The summed E-state index contributed by atoms with van der Waals surface area (Å²) in [6.07, 6.45) is 9.68. The lowest BCUT2D eigenvalue weighted by Gasteiger charge is -2.45. The highest BCUT2D eigenvalue weighted by atomic mass is 16.4. The normalized spacial score (nSPS) is 31.4. The summed E-state index contributed by atoms with van der Waals surface area (Å²) < 4.78 is 0. The lowest BCUT2D eigenvalue weighted by atomic mass is 9.79. The van der Waals surface area contributed by atoms with Gasteiger partial charge in [-0.2, -0.15) is 0 Å². The highest BCUT2D eigenvalue weighted by Gasteiger charge is 2.46. The average molecular weight is 331 g/mol. The molecule has 0 aliphatic carbocycles. The number of hydrogen-bond donors (Lipinski definition) is 5. The van der Waals surface area contributed by atoms with Gasteiger partial charge >= 0.3 is 0 Å². The number of aliphatic hydroxyl groups excluding tert-OH is 4. The minimum absolute atomic E-state index is 0.205. The first-order chi connectivity index (χ1) is 11.1. The van der Waals surface area contributed by atoms with Crippen molar-refractivity contribution in [2.75, 3.05) is 13.2 Å². The molecule has 5 heteroatoms. The Hall–Kier alpha value is -0.200. The van der Waals surface area contributed by atoms with E-state index in [0.717, 1.165) is 12.8 Å². The smallest absolute Gasteiger partial charge is 0.109 e. The Kier molecular flexibility index (Phi) is 10.3.